The van der Waals surface area contributed by atoms with Crippen LogP contribution >= 0.6 is 0 Å². The molecule has 0 aliphatic carbocycles. The van der Waals surface area contributed by atoms with E-state index >= 15 is 0 Å². The molecular weight excluding hydrogens is 166 g/mol. The summed E-state index contributed by atoms with van der Waals surface area (Å²) in [7, 11) is 0. The smallest absolute Gasteiger partial charge is 0.219 e. The van der Waals surface area contributed by atoms with Gasteiger partial charge in [-0.3, -0.25) is 4.79 Å². The molecule has 0 aliphatic heterocycles. The lowest BCUT2D eigenvalue weighted by molar-refractivity contribution is -0.121. The van der Waals surface area contributed by atoms with Gasteiger partial charge in [-0.05, 0) is 12.8 Å². The molecule has 76 valence electrons. The van der Waals surface area contributed by atoms with E-state index in [9.17, 15) is 9.59 Å². The quantitative estimate of drug-likeness (QED) is 0.638. The van der Waals surface area contributed by atoms with Crippen molar-refractivity contribution >= 4 is 12.2 Å². The second-order valence-corrected chi connectivity index (χ2v) is 3.96. The first-order valence-electron chi connectivity index (χ1n) is 4.75. The van der Waals surface area contributed by atoms with E-state index in [0.717, 1.165) is 12.7 Å². The maximum Gasteiger partial charge on any atom is 0.219 e. The lowest BCUT2D eigenvalue weighted by Gasteiger charge is -2.16. The van der Waals surface area contributed by atoms with Gasteiger partial charge in [0, 0.05) is 18.4 Å². The Morgan fingerprint density at radius 3 is 2.54 bits per heavy atom. The van der Waals surface area contributed by atoms with Crippen molar-refractivity contribution in [3.05, 3.63) is 0 Å². The van der Waals surface area contributed by atoms with Crippen molar-refractivity contribution in [2.75, 3.05) is 6.54 Å². The Hall–Kier alpha value is -0.860. The van der Waals surface area contributed by atoms with Crippen molar-refractivity contribution in [3.63, 3.8) is 0 Å². The normalized spacial score (nSPS) is 11.0. The van der Waals surface area contributed by atoms with Gasteiger partial charge in [-0.15, -0.1) is 0 Å². The summed E-state index contributed by atoms with van der Waals surface area (Å²) < 4.78 is 0. The highest BCUT2D eigenvalue weighted by atomic mass is 16.1. The molecule has 0 saturated carbocycles. The van der Waals surface area contributed by atoms with Gasteiger partial charge in [0.15, 0.2) is 0 Å². The van der Waals surface area contributed by atoms with Gasteiger partial charge in [0.05, 0.1) is 0 Å². The van der Waals surface area contributed by atoms with Crippen LogP contribution in [0.25, 0.3) is 0 Å². The maximum atomic E-state index is 11.0. The van der Waals surface area contributed by atoms with Crippen LogP contribution < -0.4 is 5.32 Å². The predicted octanol–water partition coefficient (Wildman–Crippen LogP) is 1.52. The standard InChI is InChI=1S/C10H19NO2/c1-4-5-9(13)11-7-6-10(2,3)8-12/h8H,4-7H2,1-3H3,(H,11,13). The Morgan fingerprint density at radius 1 is 1.46 bits per heavy atom. The van der Waals surface area contributed by atoms with Crippen LogP contribution in [0.1, 0.15) is 40.0 Å². The summed E-state index contributed by atoms with van der Waals surface area (Å²) in [5.74, 6) is 0.0733. The number of aldehydes is 1. The molecule has 3 heteroatoms. The minimum Gasteiger partial charge on any atom is -0.356 e. The first-order valence-corrected chi connectivity index (χ1v) is 4.75. The number of hydrogen-bond donors (Lipinski definition) is 1. The van der Waals surface area contributed by atoms with Crippen molar-refractivity contribution in [1.82, 2.24) is 5.32 Å². The zero-order valence-corrected chi connectivity index (χ0v) is 8.72. The molecule has 0 fully saturated rings. The topological polar surface area (TPSA) is 46.2 Å². The Morgan fingerprint density at radius 2 is 2.08 bits per heavy atom. The number of carbonyl (C=O) groups excluding carboxylic acids is 2. The second kappa shape index (κ2) is 5.73. The molecule has 0 rings (SSSR count). The van der Waals surface area contributed by atoms with Crippen LogP contribution in [0.3, 0.4) is 0 Å². The van der Waals surface area contributed by atoms with Gasteiger partial charge in [0.2, 0.25) is 5.91 Å². The Labute approximate surface area is 79.9 Å². The SMILES string of the molecule is CCCC(=O)NCCC(C)(C)C=O. The fourth-order valence-corrected chi connectivity index (χ4v) is 0.898. The molecule has 3 nitrogen and oxygen atoms in total. The predicted molar refractivity (Wildman–Crippen MR) is 52.4 cm³/mol. The monoisotopic (exact) mass is 185 g/mol. The van der Waals surface area contributed by atoms with Crippen LogP contribution in [0.4, 0.5) is 0 Å². The molecule has 0 heterocycles. The third-order valence-corrected chi connectivity index (χ3v) is 1.89. The number of hydrogen-bond acceptors (Lipinski definition) is 2. The first-order chi connectivity index (χ1) is 6.02. The summed E-state index contributed by atoms with van der Waals surface area (Å²) in [6.07, 6.45) is 3.06. The van der Waals surface area contributed by atoms with E-state index in [1.807, 2.05) is 20.8 Å². The van der Waals surface area contributed by atoms with E-state index < -0.39 is 0 Å². The van der Waals surface area contributed by atoms with Gasteiger partial charge < -0.3 is 10.1 Å². The summed E-state index contributed by atoms with van der Waals surface area (Å²) >= 11 is 0. The maximum absolute atomic E-state index is 11.0. The summed E-state index contributed by atoms with van der Waals surface area (Å²) in [4.78, 5) is 21.5. The van der Waals surface area contributed by atoms with Crippen LogP contribution in [0.5, 0.6) is 0 Å². The molecular formula is C10H19NO2. The van der Waals surface area contributed by atoms with Crippen LogP contribution in [0.2, 0.25) is 0 Å². The lowest BCUT2D eigenvalue weighted by Crippen LogP contribution is -2.28. The van der Waals surface area contributed by atoms with Gasteiger partial charge in [-0.25, -0.2) is 0 Å². The van der Waals surface area contributed by atoms with E-state index in [2.05, 4.69) is 5.32 Å². The van der Waals surface area contributed by atoms with Gasteiger partial charge in [0.25, 0.3) is 0 Å². The Bertz CT molecular complexity index is 176. The highest BCUT2D eigenvalue weighted by Gasteiger charge is 2.15. The summed E-state index contributed by atoms with van der Waals surface area (Å²) in [6.45, 7) is 6.29. The van der Waals surface area contributed by atoms with Crippen molar-refractivity contribution in [1.29, 1.82) is 0 Å². The Kier molecular flexibility index (Phi) is 5.35. The second-order valence-electron chi connectivity index (χ2n) is 3.96. The molecule has 1 N–H and O–H groups in total. The largest absolute Gasteiger partial charge is 0.356 e. The van der Waals surface area contributed by atoms with Crippen LogP contribution in [-0.2, 0) is 9.59 Å². The van der Waals surface area contributed by atoms with E-state index in [0.29, 0.717) is 19.4 Å². The zero-order valence-electron chi connectivity index (χ0n) is 8.72. The molecule has 1 amide bonds. The average molecular weight is 185 g/mol. The fourth-order valence-electron chi connectivity index (χ4n) is 0.898. The highest BCUT2D eigenvalue weighted by molar-refractivity contribution is 5.75. The fraction of sp³-hybridized carbons (Fsp3) is 0.800. The third kappa shape index (κ3) is 6.31. The van der Waals surface area contributed by atoms with Crippen molar-refractivity contribution in [2.24, 2.45) is 5.41 Å². The molecule has 0 spiro atoms. The van der Waals surface area contributed by atoms with E-state index in [4.69, 9.17) is 0 Å². The Balaban J connectivity index is 3.55. The van der Waals surface area contributed by atoms with Gasteiger partial charge in [-0.2, -0.15) is 0 Å². The molecule has 0 bridgehead atoms. The molecule has 0 unspecified atom stereocenters. The number of nitrogens with one attached hydrogen (secondary N) is 1. The van der Waals surface area contributed by atoms with Crippen LogP contribution in [-0.4, -0.2) is 18.7 Å². The summed E-state index contributed by atoms with van der Waals surface area (Å²) in [6, 6.07) is 0. The molecule has 13 heavy (non-hydrogen) atoms. The summed E-state index contributed by atoms with van der Waals surface area (Å²) in [5, 5.41) is 2.78. The molecule has 0 aromatic heterocycles. The zero-order chi connectivity index (χ0) is 10.3. The van der Waals surface area contributed by atoms with Crippen molar-refractivity contribution in [3.8, 4) is 0 Å². The molecule has 0 aromatic rings. The van der Waals surface area contributed by atoms with Crippen molar-refractivity contribution in [2.45, 2.75) is 40.0 Å². The van der Waals surface area contributed by atoms with Crippen LogP contribution in [0.15, 0.2) is 0 Å². The molecule has 0 aliphatic rings. The first kappa shape index (κ1) is 12.1. The highest BCUT2D eigenvalue weighted by Crippen LogP contribution is 2.14. The van der Waals surface area contributed by atoms with E-state index in [1.165, 1.54) is 0 Å². The van der Waals surface area contributed by atoms with Gasteiger partial charge in [-0.1, -0.05) is 20.8 Å². The number of rotatable bonds is 6. The average Bonchev–Trinajstić information content (AvgIpc) is 2.05. The number of carbonyl (C=O) groups is 2. The lowest BCUT2D eigenvalue weighted by atomic mass is 9.91. The molecule has 0 atom stereocenters. The number of amides is 1. The molecule has 0 aromatic carbocycles. The molecule has 0 saturated heterocycles. The van der Waals surface area contributed by atoms with Gasteiger partial charge >= 0.3 is 0 Å². The minimum absolute atomic E-state index is 0.0733. The van der Waals surface area contributed by atoms with E-state index in [-0.39, 0.29) is 11.3 Å². The van der Waals surface area contributed by atoms with Gasteiger partial charge in [0.1, 0.15) is 6.29 Å². The van der Waals surface area contributed by atoms with Crippen LogP contribution in [0, 0.1) is 5.41 Å². The minimum atomic E-state index is -0.320. The molecule has 0 radical (unpaired) electrons. The van der Waals surface area contributed by atoms with E-state index in [1.54, 1.807) is 0 Å². The van der Waals surface area contributed by atoms with Crippen molar-refractivity contribution < 1.29 is 9.59 Å². The third-order valence-electron chi connectivity index (χ3n) is 1.89. The summed E-state index contributed by atoms with van der Waals surface area (Å²) in [5.41, 5.74) is -0.320.